The lowest BCUT2D eigenvalue weighted by molar-refractivity contribution is 0.174. The van der Waals surface area contributed by atoms with Gasteiger partial charge in [0, 0.05) is 39.3 Å². The van der Waals surface area contributed by atoms with Crippen molar-refractivity contribution in [1.29, 1.82) is 0 Å². The van der Waals surface area contributed by atoms with Crippen LogP contribution in [-0.4, -0.2) is 61.9 Å². The van der Waals surface area contributed by atoms with Gasteiger partial charge in [-0.15, -0.1) is 0 Å². The van der Waals surface area contributed by atoms with E-state index < -0.39 is 0 Å². The van der Waals surface area contributed by atoms with Gasteiger partial charge in [0.1, 0.15) is 5.82 Å². The number of ether oxygens (including phenoxy) is 2. The third-order valence-electron chi connectivity index (χ3n) is 5.19. The standard InChI is InChI=1S/C22H27ClFN3O2S/c1-28-20-6-4-16(14-21(20)29-2)7-8-25-22(30)27-11-9-26(10-12-27)15-17-3-5-19(24)18(23)13-17/h3-6,13-14H,7-12,15H2,1-2H3,(H,25,30). The lowest BCUT2D eigenvalue weighted by Gasteiger charge is -2.36. The first-order valence-corrected chi connectivity index (χ1v) is 10.7. The lowest BCUT2D eigenvalue weighted by Crippen LogP contribution is -2.51. The molecule has 0 unspecified atom stereocenters. The molecule has 30 heavy (non-hydrogen) atoms. The summed E-state index contributed by atoms with van der Waals surface area (Å²) < 4.78 is 23.9. The molecular formula is C22H27ClFN3O2S. The summed E-state index contributed by atoms with van der Waals surface area (Å²) in [4.78, 5) is 4.52. The molecule has 8 heteroatoms. The first-order valence-electron chi connectivity index (χ1n) is 9.90. The number of nitrogens with one attached hydrogen (secondary N) is 1. The number of hydrogen-bond acceptors (Lipinski definition) is 4. The highest BCUT2D eigenvalue weighted by Gasteiger charge is 2.19. The van der Waals surface area contributed by atoms with Gasteiger partial charge in [-0.1, -0.05) is 23.7 Å². The van der Waals surface area contributed by atoms with Crippen LogP contribution in [0.4, 0.5) is 4.39 Å². The molecule has 0 atom stereocenters. The van der Waals surface area contributed by atoms with Crippen molar-refractivity contribution in [1.82, 2.24) is 15.1 Å². The van der Waals surface area contributed by atoms with Crippen molar-refractivity contribution in [3.8, 4) is 11.5 Å². The Morgan fingerprint density at radius 1 is 1.03 bits per heavy atom. The van der Waals surface area contributed by atoms with Gasteiger partial charge in [-0.05, 0) is 54.0 Å². The van der Waals surface area contributed by atoms with Crippen LogP contribution in [0.25, 0.3) is 0 Å². The zero-order valence-electron chi connectivity index (χ0n) is 17.3. The predicted molar refractivity (Wildman–Crippen MR) is 122 cm³/mol. The van der Waals surface area contributed by atoms with Gasteiger partial charge in [-0.25, -0.2) is 4.39 Å². The molecule has 0 spiro atoms. The van der Waals surface area contributed by atoms with Crippen molar-refractivity contribution in [2.45, 2.75) is 13.0 Å². The lowest BCUT2D eigenvalue weighted by atomic mass is 10.1. The van der Waals surface area contributed by atoms with Crippen LogP contribution in [0.3, 0.4) is 0 Å². The average Bonchev–Trinajstić information content (AvgIpc) is 2.76. The molecule has 162 valence electrons. The molecule has 1 heterocycles. The normalized spacial score (nSPS) is 14.5. The highest BCUT2D eigenvalue weighted by atomic mass is 35.5. The van der Waals surface area contributed by atoms with Crippen molar-refractivity contribution >= 4 is 28.9 Å². The number of rotatable bonds is 7. The molecule has 1 N–H and O–H groups in total. The molecule has 2 aromatic carbocycles. The molecule has 0 saturated carbocycles. The monoisotopic (exact) mass is 451 g/mol. The highest BCUT2D eigenvalue weighted by Crippen LogP contribution is 2.27. The van der Waals surface area contributed by atoms with Crippen molar-refractivity contribution < 1.29 is 13.9 Å². The third kappa shape index (κ3) is 5.97. The van der Waals surface area contributed by atoms with Crippen LogP contribution >= 0.6 is 23.8 Å². The van der Waals surface area contributed by atoms with E-state index in [0.29, 0.717) is 0 Å². The van der Waals surface area contributed by atoms with E-state index in [1.54, 1.807) is 26.4 Å². The van der Waals surface area contributed by atoms with E-state index in [9.17, 15) is 4.39 Å². The van der Waals surface area contributed by atoms with E-state index in [2.05, 4.69) is 15.1 Å². The summed E-state index contributed by atoms with van der Waals surface area (Å²) in [5.41, 5.74) is 2.18. The Hall–Kier alpha value is -2.09. The van der Waals surface area contributed by atoms with Crippen LogP contribution in [0.2, 0.25) is 5.02 Å². The Morgan fingerprint density at radius 2 is 1.73 bits per heavy atom. The molecule has 0 aliphatic carbocycles. The van der Waals surface area contributed by atoms with Gasteiger partial charge in [0.15, 0.2) is 16.6 Å². The number of hydrogen-bond donors (Lipinski definition) is 1. The summed E-state index contributed by atoms with van der Waals surface area (Å²) in [6.07, 6.45) is 0.839. The van der Waals surface area contributed by atoms with E-state index >= 15 is 0 Å². The van der Waals surface area contributed by atoms with Crippen molar-refractivity contribution in [3.05, 3.63) is 58.4 Å². The fraction of sp³-hybridized carbons (Fsp3) is 0.409. The molecule has 1 aliphatic heterocycles. The number of thiocarbonyl (C=S) groups is 1. The Kier molecular flexibility index (Phi) is 8.13. The smallest absolute Gasteiger partial charge is 0.169 e. The van der Waals surface area contributed by atoms with Crippen LogP contribution in [0, 0.1) is 5.82 Å². The maximum absolute atomic E-state index is 13.3. The van der Waals surface area contributed by atoms with Crippen LogP contribution in [0.5, 0.6) is 11.5 Å². The van der Waals surface area contributed by atoms with Gasteiger partial charge in [0.05, 0.1) is 19.2 Å². The zero-order chi connectivity index (χ0) is 21.5. The second-order valence-corrected chi connectivity index (χ2v) is 7.98. The van der Waals surface area contributed by atoms with Crippen LogP contribution in [0.15, 0.2) is 36.4 Å². The number of halogens is 2. The van der Waals surface area contributed by atoms with E-state index in [1.807, 2.05) is 18.2 Å². The molecule has 2 aromatic rings. The molecule has 1 fully saturated rings. The van der Waals surface area contributed by atoms with Gasteiger partial charge < -0.3 is 19.7 Å². The van der Waals surface area contributed by atoms with E-state index in [-0.39, 0.29) is 10.8 Å². The number of nitrogens with zero attached hydrogens (tertiary/aromatic N) is 2. The molecule has 0 radical (unpaired) electrons. The predicted octanol–water partition coefficient (Wildman–Crippen LogP) is 3.73. The second-order valence-electron chi connectivity index (χ2n) is 7.18. The summed E-state index contributed by atoms with van der Waals surface area (Å²) in [6, 6.07) is 10.8. The van der Waals surface area contributed by atoms with Gasteiger partial charge in [0.25, 0.3) is 0 Å². The van der Waals surface area contributed by atoms with E-state index in [0.717, 1.165) is 73.4 Å². The Morgan fingerprint density at radius 3 is 2.40 bits per heavy atom. The van der Waals surface area contributed by atoms with Crippen LogP contribution in [0.1, 0.15) is 11.1 Å². The minimum absolute atomic E-state index is 0.172. The Bertz CT molecular complexity index is 875. The first kappa shape index (κ1) is 22.6. The minimum Gasteiger partial charge on any atom is -0.493 e. The van der Waals surface area contributed by atoms with Gasteiger partial charge in [-0.3, -0.25) is 4.90 Å². The zero-order valence-corrected chi connectivity index (χ0v) is 18.9. The summed E-state index contributed by atoms with van der Waals surface area (Å²) in [5, 5.41) is 4.30. The SMILES string of the molecule is COc1ccc(CCNC(=S)N2CCN(Cc3ccc(F)c(Cl)c3)CC2)cc1OC. The molecule has 3 rings (SSSR count). The quantitative estimate of drug-likeness (QED) is 0.646. The average molecular weight is 452 g/mol. The topological polar surface area (TPSA) is 37.0 Å². The third-order valence-corrected chi connectivity index (χ3v) is 5.88. The largest absolute Gasteiger partial charge is 0.493 e. The summed E-state index contributed by atoms with van der Waals surface area (Å²) >= 11 is 11.5. The number of piperazine rings is 1. The van der Waals surface area contributed by atoms with Gasteiger partial charge in [0.2, 0.25) is 0 Å². The molecule has 0 amide bonds. The maximum Gasteiger partial charge on any atom is 0.169 e. The first-order chi connectivity index (χ1) is 14.5. The molecule has 0 aromatic heterocycles. The Balaban J connectivity index is 1.41. The highest BCUT2D eigenvalue weighted by molar-refractivity contribution is 7.80. The molecule has 1 saturated heterocycles. The minimum atomic E-state index is -0.380. The van der Waals surface area contributed by atoms with E-state index in [1.165, 1.54) is 6.07 Å². The summed E-state index contributed by atoms with van der Waals surface area (Å²) in [7, 11) is 3.27. The van der Waals surface area contributed by atoms with Crippen LogP contribution < -0.4 is 14.8 Å². The summed E-state index contributed by atoms with van der Waals surface area (Å²) in [6.45, 7) is 5.02. The Labute approximate surface area is 187 Å². The fourth-order valence-corrected chi connectivity index (χ4v) is 3.95. The van der Waals surface area contributed by atoms with Crippen LogP contribution in [-0.2, 0) is 13.0 Å². The van der Waals surface area contributed by atoms with E-state index in [4.69, 9.17) is 33.3 Å². The van der Waals surface area contributed by atoms with Gasteiger partial charge >= 0.3 is 0 Å². The molecule has 5 nitrogen and oxygen atoms in total. The van der Waals surface area contributed by atoms with Crippen molar-refractivity contribution in [2.75, 3.05) is 46.9 Å². The second kappa shape index (κ2) is 10.8. The fourth-order valence-electron chi connectivity index (χ4n) is 3.47. The summed E-state index contributed by atoms with van der Waals surface area (Å²) in [5.74, 6) is 1.08. The molecular weight excluding hydrogens is 425 g/mol. The number of methoxy groups -OCH3 is 2. The van der Waals surface area contributed by atoms with Gasteiger partial charge in [-0.2, -0.15) is 0 Å². The van der Waals surface area contributed by atoms with Crippen molar-refractivity contribution in [2.24, 2.45) is 0 Å². The van der Waals surface area contributed by atoms with Crippen molar-refractivity contribution in [3.63, 3.8) is 0 Å². The molecule has 1 aliphatic rings. The maximum atomic E-state index is 13.3. The molecule has 0 bridgehead atoms. The number of benzene rings is 2.